The average molecular weight is 265 g/mol. The van der Waals surface area contributed by atoms with Gasteiger partial charge in [0, 0.05) is 32.6 Å². The number of ether oxygens (including phenoxy) is 1. The number of nitrogens with one attached hydrogen (secondary N) is 1. The zero-order valence-electron chi connectivity index (χ0n) is 12.0. The highest BCUT2D eigenvalue weighted by atomic mass is 16.5. The van der Waals surface area contributed by atoms with E-state index in [1.807, 2.05) is 0 Å². The van der Waals surface area contributed by atoms with Crippen LogP contribution in [0.3, 0.4) is 0 Å². The minimum Gasteiger partial charge on any atom is -0.376 e. The number of rotatable bonds is 6. The number of nitrogens with zero attached hydrogens (tertiary/aromatic N) is 2. The lowest BCUT2D eigenvalue weighted by Crippen LogP contribution is -2.46. The Morgan fingerprint density at radius 1 is 1.53 bits per heavy atom. The van der Waals surface area contributed by atoms with Crippen molar-refractivity contribution in [3.63, 3.8) is 0 Å². The molecule has 0 spiro atoms. The van der Waals surface area contributed by atoms with Gasteiger partial charge in [-0.3, -0.25) is 4.79 Å². The second kappa shape index (κ2) is 5.74. The van der Waals surface area contributed by atoms with E-state index in [0.717, 1.165) is 12.8 Å². The third kappa shape index (κ3) is 3.15. The highest BCUT2D eigenvalue weighted by Gasteiger charge is 2.36. The third-order valence-corrected chi connectivity index (χ3v) is 3.75. The summed E-state index contributed by atoms with van der Waals surface area (Å²) in [6.07, 6.45) is 6.69. The van der Waals surface area contributed by atoms with Crippen LogP contribution in [0.15, 0.2) is 17.2 Å². The summed E-state index contributed by atoms with van der Waals surface area (Å²) in [5.74, 6) is 0.858. The molecule has 1 aliphatic carbocycles. The fraction of sp³-hybridized carbons (Fsp3) is 0.714. The van der Waals surface area contributed by atoms with Crippen molar-refractivity contribution >= 4 is 5.82 Å². The topological polar surface area (TPSA) is 56.1 Å². The monoisotopic (exact) mass is 265 g/mol. The first-order valence-electron chi connectivity index (χ1n) is 6.91. The molecule has 0 bridgehead atoms. The summed E-state index contributed by atoms with van der Waals surface area (Å²) >= 11 is 0. The number of aromatic nitrogens is 2. The van der Waals surface area contributed by atoms with Crippen LogP contribution in [0.25, 0.3) is 0 Å². The standard InChI is InChI=1S/C14H23N3O2/c1-11(2)9-17-8-7-15-12(13(17)18)16-10-14(19-3)5-4-6-14/h7-8,11H,4-6,9-10H2,1-3H3,(H,15,16). The van der Waals surface area contributed by atoms with Crippen molar-refractivity contribution in [2.45, 2.75) is 45.3 Å². The summed E-state index contributed by atoms with van der Waals surface area (Å²) in [6, 6.07) is 0. The molecule has 1 heterocycles. The van der Waals surface area contributed by atoms with Crippen LogP contribution in [0.5, 0.6) is 0 Å². The van der Waals surface area contributed by atoms with Gasteiger partial charge in [0.05, 0.1) is 5.60 Å². The van der Waals surface area contributed by atoms with Gasteiger partial charge in [-0.1, -0.05) is 13.8 Å². The molecular formula is C14H23N3O2. The molecule has 5 nitrogen and oxygen atoms in total. The predicted molar refractivity (Wildman–Crippen MR) is 75.4 cm³/mol. The zero-order chi connectivity index (χ0) is 13.9. The maximum Gasteiger partial charge on any atom is 0.293 e. The molecule has 0 saturated heterocycles. The van der Waals surface area contributed by atoms with Gasteiger partial charge in [0.25, 0.3) is 5.56 Å². The van der Waals surface area contributed by atoms with Gasteiger partial charge >= 0.3 is 0 Å². The van der Waals surface area contributed by atoms with Crippen molar-refractivity contribution in [2.75, 3.05) is 19.0 Å². The van der Waals surface area contributed by atoms with E-state index in [1.165, 1.54) is 6.42 Å². The molecule has 1 aromatic heterocycles. The summed E-state index contributed by atoms with van der Waals surface area (Å²) in [6.45, 7) is 5.55. The molecule has 0 unspecified atom stereocenters. The molecule has 106 valence electrons. The van der Waals surface area contributed by atoms with Crippen molar-refractivity contribution in [3.05, 3.63) is 22.7 Å². The Morgan fingerprint density at radius 2 is 2.26 bits per heavy atom. The molecule has 1 aromatic rings. The van der Waals surface area contributed by atoms with E-state index in [1.54, 1.807) is 24.1 Å². The predicted octanol–water partition coefficient (Wildman–Crippen LogP) is 1.88. The SMILES string of the molecule is COC1(CNc2nccn(CC(C)C)c2=O)CCC1. The normalized spacial score (nSPS) is 17.3. The quantitative estimate of drug-likeness (QED) is 0.853. The number of methoxy groups -OCH3 is 1. The first-order chi connectivity index (χ1) is 9.06. The molecule has 1 fully saturated rings. The van der Waals surface area contributed by atoms with Crippen molar-refractivity contribution < 1.29 is 4.74 Å². The zero-order valence-corrected chi connectivity index (χ0v) is 12.0. The molecule has 1 N–H and O–H groups in total. The summed E-state index contributed by atoms with van der Waals surface area (Å²) in [4.78, 5) is 16.4. The molecule has 0 aromatic carbocycles. The van der Waals surface area contributed by atoms with E-state index in [9.17, 15) is 4.79 Å². The van der Waals surface area contributed by atoms with E-state index in [-0.39, 0.29) is 11.2 Å². The number of hydrogen-bond acceptors (Lipinski definition) is 4. The maximum atomic E-state index is 12.2. The van der Waals surface area contributed by atoms with Crippen LogP contribution in [0.4, 0.5) is 5.82 Å². The van der Waals surface area contributed by atoms with Crippen molar-refractivity contribution in [3.8, 4) is 0 Å². The maximum absolute atomic E-state index is 12.2. The molecule has 0 atom stereocenters. The highest BCUT2D eigenvalue weighted by Crippen LogP contribution is 2.34. The average Bonchev–Trinajstić information content (AvgIpc) is 2.32. The van der Waals surface area contributed by atoms with Crippen molar-refractivity contribution in [2.24, 2.45) is 5.92 Å². The van der Waals surface area contributed by atoms with Crippen LogP contribution >= 0.6 is 0 Å². The lowest BCUT2D eigenvalue weighted by molar-refractivity contribution is -0.0601. The van der Waals surface area contributed by atoms with Crippen LogP contribution < -0.4 is 10.9 Å². The van der Waals surface area contributed by atoms with Gasteiger partial charge in [-0.2, -0.15) is 0 Å². The Bertz CT molecular complexity index is 472. The Kier molecular flexibility index (Phi) is 4.24. The fourth-order valence-corrected chi connectivity index (χ4v) is 2.37. The first-order valence-corrected chi connectivity index (χ1v) is 6.91. The van der Waals surface area contributed by atoms with Gasteiger partial charge in [0.2, 0.25) is 0 Å². The largest absolute Gasteiger partial charge is 0.376 e. The molecule has 19 heavy (non-hydrogen) atoms. The second-order valence-electron chi connectivity index (χ2n) is 5.72. The summed E-state index contributed by atoms with van der Waals surface area (Å²) in [5.41, 5.74) is -0.158. The molecule has 1 saturated carbocycles. The summed E-state index contributed by atoms with van der Waals surface area (Å²) in [7, 11) is 1.73. The minimum absolute atomic E-state index is 0.0539. The third-order valence-electron chi connectivity index (χ3n) is 3.75. The van der Waals surface area contributed by atoms with E-state index >= 15 is 0 Å². The molecule has 1 aliphatic rings. The molecule has 0 aliphatic heterocycles. The second-order valence-corrected chi connectivity index (χ2v) is 5.72. The van der Waals surface area contributed by atoms with Gasteiger partial charge in [-0.05, 0) is 25.2 Å². The Balaban J connectivity index is 2.06. The van der Waals surface area contributed by atoms with Crippen LogP contribution in [0.2, 0.25) is 0 Å². The number of hydrogen-bond donors (Lipinski definition) is 1. The highest BCUT2D eigenvalue weighted by molar-refractivity contribution is 5.31. The Morgan fingerprint density at radius 3 is 2.79 bits per heavy atom. The van der Waals surface area contributed by atoms with Crippen LogP contribution in [-0.2, 0) is 11.3 Å². The first kappa shape index (κ1) is 14.1. The van der Waals surface area contributed by atoms with E-state index < -0.39 is 0 Å². The van der Waals surface area contributed by atoms with Crippen LogP contribution in [0.1, 0.15) is 33.1 Å². The Labute approximate surface area is 114 Å². The summed E-state index contributed by atoms with van der Waals surface area (Å²) < 4.78 is 7.24. The van der Waals surface area contributed by atoms with Crippen molar-refractivity contribution in [1.29, 1.82) is 0 Å². The van der Waals surface area contributed by atoms with Crippen LogP contribution in [-0.4, -0.2) is 28.8 Å². The lowest BCUT2D eigenvalue weighted by Gasteiger charge is -2.40. The van der Waals surface area contributed by atoms with Crippen molar-refractivity contribution in [1.82, 2.24) is 9.55 Å². The smallest absolute Gasteiger partial charge is 0.293 e. The van der Waals surface area contributed by atoms with Gasteiger partial charge < -0.3 is 14.6 Å². The van der Waals surface area contributed by atoms with E-state index in [2.05, 4.69) is 24.1 Å². The van der Waals surface area contributed by atoms with E-state index in [0.29, 0.717) is 24.8 Å². The molecule has 2 rings (SSSR count). The van der Waals surface area contributed by atoms with Gasteiger partial charge in [-0.25, -0.2) is 4.98 Å². The van der Waals surface area contributed by atoms with Gasteiger partial charge in [0.1, 0.15) is 0 Å². The molecular weight excluding hydrogens is 242 g/mol. The Hall–Kier alpha value is -1.36. The van der Waals surface area contributed by atoms with E-state index in [4.69, 9.17) is 4.74 Å². The van der Waals surface area contributed by atoms with Gasteiger partial charge in [-0.15, -0.1) is 0 Å². The van der Waals surface area contributed by atoms with Crippen LogP contribution in [0, 0.1) is 5.92 Å². The lowest BCUT2D eigenvalue weighted by atomic mass is 9.80. The summed E-state index contributed by atoms with van der Waals surface area (Å²) in [5, 5.41) is 3.15. The molecule has 5 heteroatoms. The van der Waals surface area contributed by atoms with Gasteiger partial charge in [0.15, 0.2) is 5.82 Å². The molecule has 0 amide bonds. The minimum atomic E-state index is -0.104. The fourth-order valence-electron chi connectivity index (χ4n) is 2.37. The number of anilines is 1. The molecule has 0 radical (unpaired) electrons.